The van der Waals surface area contributed by atoms with E-state index in [-0.39, 0.29) is 11.8 Å². The van der Waals surface area contributed by atoms with Crippen molar-refractivity contribution in [3.63, 3.8) is 0 Å². The molecule has 0 radical (unpaired) electrons. The number of likely N-dealkylation sites (N-methyl/N-ethyl adjacent to an activating group) is 1. The minimum atomic E-state index is 0.0507. The van der Waals surface area contributed by atoms with Gasteiger partial charge in [-0.1, -0.05) is 0 Å². The van der Waals surface area contributed by atoms with Crippen LogP contribution in [0.15, 0.2) is 0 Å². The first-order valence-electron chi connectivity index (χ1n) is 5.13. The molecular weight excluding hydrogens is 194 g/mol. The Morgan fingerprint density at radius 3 is 2.20 bits per heavy atom. The summed E-state index contributed by atoms with van der Waals surface area (Å²) in [4.78, 5) is 25.7. The molecule has 0 bridgehead atoms. The first kappa shape index (κ1) is 13.9. The third-order valence-corrected chi connectivity index (χ3v) is 2.19. The van der Waals surface area contributed by atoms with Gasteiger partial charge in [0.1, 0.15) is 0 Å². The van der Waals surface area contributed by atoms with E-state index in [1.54, 1.807) is 30.9 Å². The van der Waals surface area contributed by atoms with Crippen molar-refractivity contribution in [1.82, 2.24) is 15.1 Å². The molecule has 0 atom stereocenters. The van der Waals surface area contributed by atoms with Crippen molar-refractivity contribution in [3.8, 4) is 0 Å². The highest BCUT2D eigenvalue weighted by Crippen LogP contribution is 1.86. The van der Waals surface area contributed by atoms with Crippen LogP contribution in [0, 0.1) is 0 Å². The Balaban J connectivity index is 3.55. The SMILES string of the molecule is CCN(C)C(=O)CNCCC(=O)N(C)C. The van der Waals surface area contributed by atoms with Crippen LogP contribution < -0.4 is 5.32 Å². The molecule has 0 rings (SSSR count). The second kappa shape index (κ2) is 7.23. The molecule has 0 aromatic carbocycles. The molecule has 0 fully saturated rings. The average Bonchev–Trinajstić information content (AvgIpc) is 2.22. The van der Waals surface area contributed by atoms with E-state index < -0.39 is 0 Å². The molecule has 0 aliphatic rings. The van der Waals surface area contributed by atoms with Crippen LogP contribution in [0.1, 0.15) is 13.3 Å². The van der Waals surface area contributed by atoms with E-state index in [1.807, 2.05) is 6.92 Å². The lowest BCUT2D eigenvalue weighted by molar-refractivity contribution is -0.130. The van der Waals surface area contributed by atoms with Crippen LogP contribution in [-0.2, 0) is 9.59 Å². The summed E-state index contributed by atoms with van der Waals surface area (Å²) >= 11 is 0. The van der Waals surface area contributed by atoms with E-state index in [1.165, 1.54) is 0 Å². The maximum atomic E-state index is 11.3. The fourth-order valence-electron chi connectivity index (χ4n) is 0.926. The topological polar surface area (TPSA) is 52.7 Å². The first-order valence-corrected chi connectivity index (χ1v) is 5.13. The van der Waals surface area contributed by atoms with Gasteiger partial charge in [0.15, 0.2) is 0 Å². The quantitative estimate of drug-likeness (QED) is 0.610. The maximum absolute atomic E-state index is 11.3. The highest BCUT2D eigenvalue weighted by Gasteiger charge is 2.06. The zero-order valence-corrected chi connectivity index (χ0v) is 10.0. The fourth-order valence-corrected chi connectivity index (χ4v) is 0.926. The van der Waals surface area contributed by atoms with Gasteiger partial charge in [-0.25, -0.2) is 0 Å². The van der Waals surface area contributed by atoms with Crippen LogP contribution in [0.5, 0.6) is 0 Å². The maximum Gasteiger partial charge on any atom is 0.236 e. The van der Waals surface area contributed by atoms with Crippen LogP contribution >= 0.6 is 0 Å². The normalized spacial score (nSPS) is 9.87. The van der Waals surface area contributed by atoms with E-state index in [9.17, 15) is 9.59 Å². The van der Waals surface area contributed by atoms with E-state index in [0.717, 1.165) is 0 Å². The minimum Gasteiger partial charge on any atom is -0.349 e. The Kier molecular flexibility index (Phi) is 6.70. The van der Waals surface area contributed by atoms with Gasteiger partial charge in [-0.2, -0.15) is 0 Å². The van der Waals surface area contributed by atoms with Crippen molar-refractivity contribution in [3.05, 3.63) is 0 Å². The smallest absolute Gasteiger partial charge is 0.236 e. The predicted molar refractivity (Wildman–Crippen MR) is 59.5 cm³/mol. The van der Waals surface area contributed by atoms with Crippen LogP contribution in [-0.4, -0.2) is 62.4 Å². The van der Waals surface area contributed by atoms with Gasteiger partial charge in [0, 0.05) is 40.7 Å². The highest BCUT2D eigenvalue weighted by molar-refractivity contribution is 5.78. The Bertz CT molecular complexity index is 217. The third-order valence-electron chi connectivity index (χ3n) is 2.19. The lowest BCUT2D eigenvalue weighted by Gasteiger charge is -2.15. The highest BCUT2D eigenvalue weighted by atomic mass is 16.2. The average molecular weight is 215 g/mol. The largest absolute Gasteiger partial charge is 0.349 e. The van der Waals surface area contributed by atoms with Crippen molar-refractivity contribution in [2.24, 2.45) is 0 Å². The number of amides is 2. The Labute approximate surface area is 91.4 Å². The Hall–Kier alpha value is -1.10. The van der Waals surface area contributed by atoms with Crippen LogP contribution in [0.3, 0.4) is 0 Å². The molecule has 0 saturated heterocycles. The zero-order chi connectivity index (χ0) is 11.8. The minimum absolute atomic E-state index is 0.0507. The van der Waals surface area contributed by atoms with Crippen molar-refractivity contribution in [1.29, 1.82) is 0 Å². The summed E-state index contributed by atoms with van der Waals surface area (Å²) in [7, 11) is 5.20. The molecule has 2 amide bonds. The summed E-state index contributed by atoms with van der Waals surface area (Å²) in [6, 6.07) is 0. The molecule has 0 aliphatic carbocycles. The molecule has 0 aromatic heterocycles. The van der Waals surface area contributed by atoms with Gasteiger partial charge >= 0.3 is 0 Å². The van der Waals surface area contributed by atoms with Crippen LogP contribution in [0.2, 0.25) is 0 Å². The number of nitrogens with one attached hydrogen (secondary N) is 1. The van der Waals surface area contributed by atoms with E-state index >= 15 is 0 Å². The molecule has 0 spiro atoms. The second-order valence-electron chi connectivity index (χ2n) is 3.62. The van der Waals surface area contributed by atoms with Gasteiger partial charge < -0.3 is 15.1 Å². The van der Waals surface area contributed by atoms with E-state index in [2.05, 4.69) is 5.32 Å². The Morgan fingerprint density at radius 2 is 1.73 bits per heavy atom. The van der Waals surface area contributed by atoms with Crippen molar-refractivity contribution in [2.75, 3.05) is 40.8 Å². The van der Waals surface area contributed by atoms with Crippen LogP contribution in [0.4, 0.5) is 0 Å². The number of nitrogens with zero attached hydrogens (tertiary/aromatic N) is 2. The number of hydrogen-bond acceptors (Lipinski definition) is 3. The molecule has 5 nitrogen and oxygen atoms in total. The van der Waals surface area contributed by atoms with Gasteiger partial charge in [0.25, 0.3) is 0 Å². The molecule has 0 saturated carbocycles. The van der Waals surface area contributed by atoms with Crippen molar-refractivity contribution < 1.29 is 9.59 Å². The lowest BCUT2D eigenvalue weighted by Crippen LogP contribution is -2.36. The molecule has 15 heavy (non-hydrogen) atoms. The first-order chi connectivity index (χ1) is 6.99. The molecule has 0 heterocycles. The van der Waals surface area contributed by atoms with Crippen molar-refractivity contribution in [2.45, 2.75) is 13.3 Å². The number of carbonyl (C=O) groups is 2. The molecule has 5 heteroatoms. The number of carbonyl (C=O) groups excluding carboxylic acids is 2. The Morgan fingerprint density at radius 1 is 1.13 bits per heavy atom. The summed E-state index contributed by atoms with van der Waals surface area (Å²) in [6.07, 6.45) is 0.427. The molecule has 0 aromatic rings. The zero-order valence-electron chi connectivity index (χ0n) is 10.0. The monoisotopic (exact) mass is 215 g/mol. The second-order valence-corrected chi connectivity index (χ2v) is 3.62. The number of hydrogen-bond donors (Lipinski definition) is 1. The van der Waals surface area contributed by atoms with Gasteiger partial charge in [-0.05, 0) is 6.92 Å². The van der Waals surface area contributed by atoms with Gasteiger partial charge in [-0.15, -0.1) is 0 Å². The van der Waals surface area contributed by atoms with E-state index in [4.69, 9.17) is 0 Å². The third kappa shape index (κ3) is 6.06. The fraction of sp³-hybridized carbons (Fsp3) is 0.800. The molecule has 0 unspecified atom stereocenters. The standard InChI is InChI=1S/C10H21N3O2/c1-5-13(4)10(15)8-11-7-6-9(14)12(2)3/h11H,5-8H2,1-4H3. The summed E-state index contributed by atoms with van der Waals surface area (Å²) < 4.78 is 0. The lowest BCUT2D eigenvalue weighted by atomic mass is 10.3. The predicted octanol–water partition coefficient (Wildman–Crippen LogP) is -0.467. The molecular formula is C10H21N3O2. The molecule has 0 aliphatic heterocycles. The summed E-state index contributed by atoms with van der Waals surface area (Å²) in [5.41, 5.74) is 0. The summed E-state index contributed by atoms with van der Waals surface area (Å²) in [6.45, 7) is 3.47. The van der Waals surface area contributed by atoms with Crippen LogP contribution in [0.25, 0.3) is 0 Å². The van der Waals surface area contributed by atoms with E-state index in [0.29, 0.717) is 26.1 Å². The number of rotatable bonds is 6. The van der Waals surface area contributed by atoms with Gasteiger partial charge in [-0.3, -0.25) is 9.59 Å². The summed E-state index contributed by atoms with van der Waals surface area (Å²) in [5, 5.41) is 2.95. The molecule has 88 valence electrons. The van der Waals surface area contributed by atoms with Crippen molar-refractivity contribution >= 4 is 11.8 Å². The molecule has 1 N–H and O–H groups in total. The van der Waals surface area contributed by atoms with Gasteiger partial charge in [0.2, 0.25) is 11.8 Å². The van der Waals surface area contributed by atoms with Gasteiger partial charge in [0.05, 0.1) is 6.54 Å². The summed E-state index contributed by atoms with van der Waals surface area (Å²) in [5.74, 6) is 0.119.